The van der Waals surface area contributed by atoms with Gasteiger partial charge in [-0.3, -0.25) is 4.79 Å². The lowest BCUT2D eigenvalue weighted by atomic mass is 10.1. The number of alkyl carbamates (subject to hydrolysis) is 2. The molecule has 10 nitrogen and oxygen atoms in total. The third kappa shape index (κ3) is 9.76. The first kappa shape index (κ1) is 28.5. The van der Waals surface area contributed by atoms with Crippen molar-refractivity contribution in [2.45, 2.75) is 64.7 Å². The summed E-state index contributed by atoms with van der Waals surface area (Å²) in [6.07, 6.45) is 1.45. The van der Waals surface area contributed by atoms with Crippen molar-refractivity contribution in [3.63, 3.8) is 0 Å². The van der Waals surface area contributed by atoms with Gasteiger partial charge in [-0.2, -0.15) is 0 Å². The van der Waals surface area contributed by atoms with Crippen LogP contribution in [0.4, 0.5) is 9.59 Å². The lowest BCUT2D eigenvalue weighted by Gasteiger charge is -2.20. The zero-order valence-electron chi connectivity index (χ0n) is 22.0. The highest BCUT2D eigenvalue weighted by Crippen LogP contribution is 2.26. The largest absolute Gasteiger partial charge is 0.445 e. The van der Waals surface area contributed by atoms with E-state index in [1.807, 2.05) is 30.3 Å². The molecule has 0 bridgehead atoms. The molecule has 2 aromatic carbocycles. The Morgan fingerprint density at radius 3 is 2.39 bits per heavy atom. The van der Waals surface area contributed by atoms with Crippen LogP contribution >= 0.6 is 0 Å². The fraction of sp³-hybridized carbons (Fsp3) is 0.429. The first-order valence-electron chi connectivity index (χ1n) is 12.6. The van der Waals surface area contributed by atoms with Gasteiger partial charge < -0.3 is 30.2 Å². The Morgan fingerprint density at radius 1 is 0.921 bits per heavy atom. The highest BCUT2D eigenvalue weighted by molar-refractivity contribution is 5.84. The topological polar surface area (TPSA) is 132 Å². The molecule has 0 saturated carbocycles. The van der Waals surface area contributed by atoms with Crippen LogP contribution in [0.3, 0.4) is 0 Å². The molecule has 0 radical (unpaired) electrons. The molecule has 1 aliphatic carbocycles. The van der Waals surface area contributed by atoms with Gasteiger partial charge in [-0.05, 0) is 68.9 Å². The second kappa shape index (κ2) is 13.5. The fourth-order valence-electron chi connectivity index (χ4n) is 3.80. The second-order valence-corrected chi connectivity index (χ2v) is 9.95. The van der Waals surface area contributed by atoms with Gasteiger partial charge in [-0.15, -0.1) is 0 Å². The van der Waals surface area contributed by atoms with Crippen molar-refractivity contribution in [1.29, 1.82) is 0 Å². The molecule has 0 fully saturated rings. The highest BCUT2D eigenvalue weighted by Gasteiger charge is 2.25. The van der Waals surface area contributed by atoms with Gasteiger partial charge in [0.25, 0.3) is 0 Å². The number of carbonyl (C=O) groups excluding carboxylic acids is 4. The number of benzene rings is 2. The minimum absolute atomic E-state index is 0.0158. The number of aryl methyl sites for hydroxylation is 2. The fourth-order valence-corrected chi connectivity index (χ4v) is 3.80. The maximum atomic E-state index is 13.0. The standard InChI is InChI=1S/C28H35N3O7/c1-28(2,3)38-26(34)29-15-14-24(32)30-17-23(31-27(35)36-18-19-8-5-4-6-9-19)25(33)37-22-13-12-20-10-7-11-21(20)16-22/h4-6,8-9,12-13,16,23H,7,10-11,14-15,17-18H2,1-3H3,(H,29,34)(H,30,32)(H,31,35)/t23-/m0/s1. The lowest BCUT2D eigenvalue weighted by Crippen LogP contribution is -2.50. The maximum Gasteiger partial charge on any atom is 0.408 e. The van der Waals surface area contributed by atoms with Crippen molar-refractivity contribution in [1.82, 2.24) is 16.0 Å². The molecule has 0 unspecified atom stereocenters. The van der Waals surface area contributed by atoms with Crippen LogP contribution in [0.5, 0.6) is 5.75 Å². The zero-order valence-corrected chi connectivity index (χ0v) is 22.0. The van der Waals surface area contributed by atoms with Gasteiger partial charge in [0.1, 0.15) is 24.0 Å². The molecule has 0 aromatic heterocycles. The highest BCUT2D eigenvalue weighted by atomic mass is 16.6. The number of amides is 3. The first-order chi connectivity index (χ1) is 18.1. The third-order valence-electron chi connectivity index (χ3n) is 5.60. The van der Waals surface area contributed by atoms with Crippen LogP contribution in [0.25, 0.3) is 0 Å². The number of hydrogen-bond donors (Lipinski definition) is 3. The lowest BCUT2D eigenvalue weighted by molar-refractivity contribution is -0.136. The molecular formula is C28H35N3O7. The van der Waals surface area contributed by atoms with Crippen LogP contribution in [-0.2, 0) is 38.5 Å². The molecule has 0 spiro atoms. The summed E-state index contributed by atoms with van der Waals surface area (Å²) in [5, 5.41) is 7.56. The zero-order chi connectivity index (χ0) is 27.5. The van der Waals surface area contributed by atoms with Crippen LogP contribution in [-0.4, -0.2) is 48.8 Å². The SMILES string of the molecule is CC(C)(C)OC(=O)NCCC(=O)NC[C@H](NC(=O)OCc1ccccc1)C(=O)Oc1ccc2c(c1)CCC2. The van der Waals surface area contributed by atoms with Gasteiger partial charge >= 0.3 is 18.2 Å². The van der Waals surface area contributed by atoms with Gasteiger partial charge in [0, 0.05) is 19.5 Å². The summed E-state index contributed by atoms with van der Waals surface area (Å²) in [7, 11) is 0. The van der Waals surface area contributed by atoms with E-state index in [9.17, 15) is 19.2 Å². The van der Waals surface area contributed by atoms with Crippen molar-refractivity contribution >= 4 is 24.1 Å². The molecule has 38 heavy (non-hydrogen) atoms. The van der Waals surface area contributed by atoms with Crippen LogP contribution in [0.1, 0.15) is 50.3 Å². The van der Waals surface area contributed by atoms with Gasteiger partial charge in [0.05, 0.1) is 0 Å². The summed E-state index contributed by atoms with van der Waals surface area (Å²) < 4.78 is 15.9. The van der Waals surface area contributed by atoms with E-state index >= 15 is 0 Å². The van der Waals surface area contributed by atoms with Gasteiger partial charge in [0.2, 0.25) is 5.91 Å². The van der Waals surface area contributed by atoms with E-state index in [0.29, 0.717) is 5.75 Å². The number of carbonyl (C=O) groups is 4. The number of fused-ring (bicyclic) bond motifs is 1. The summed E-state index contributed by atoms with van der Waals surface area (Å²) in [5.41, 5.74) is 2.49. The molecule has 204 valence electrons. The molecule has 2 aromatic rings. The van der Waals surface area contributed by atoms with Crippen molar-refractivity contribution in [3.8, 4) is 5.75 Å². The van der Waals surface area contributed by atoms with Crippen LogP contribution in [0.15, 0.2) is 48.5 Å². The summed E-state index contributed by atoms with van der Waals surface area (Å²) in [6, 6.07) is 13.4. The molecular weight excluding hydrogens is 490 g/mol. The predicted octanol–water partition coefficient (Wildman–Crippen LogP) is 3.41. The van der Waals surface area contributed by atoms with Gasteiger partial charge in [-0.1, -0.05) is 36.4 Å². The van der Waals surface area contributed by atoms with Crippen LogP contribution in [0.2, 0.25) is 0 Å². The number of hydrogen-bond acceptors (Lipinski definition) is 7. The Balaban J connectivity index is 1.54. The summed E-state index contributed by atoms with van der Waals surface area (Å²) in [6.45, 7) is 5.03. The summed E-state index contributed by atoms with van der Waals surface area (Å²) in [5.74, 6) is -0.810. The van der Waals surface area contributed by atoms with E-state index in [-0.39, 0.29) is 26.1 Å². The van der Waals surface area contributed by atoms with Gasteiger partial charge in [0.15, 0.2) is 0 Å². The van der Waals surface area contributed by atoms with Gasteiger partial charge in [-0.25, -0.2) is 14.4 Å². The molecule has 0 heterocycles. The third-order valence-corrected chi connectivity index (χ3v) is 5.60. The van der Waals surface area contributed by atoms with Crippen molar-refractivity contribution < 1.29 is 33.4 Å². The normalized spacial score (nSPS) is 13.0. The second-order valence-electron chi connectivity index (χ2n) is 9.95. The average molecular weight is 526 g/mol. The van der Waals surface area contributed by atoms with Crippen LogP contribution in [0, 0.1) is 0 Å². The molecule has 0 saturated heterocycles. The molecule has 1 atom stereocenters. The van der Waals surface area contributed by atoms with E-state index in [1.54, 1.807) is 39.0 Å². The number of ether oxygens (including phenoxy) is 3. The number of nitrogens with one attached hydrogen (secondary N) is 3. The molecule has 3 rings (SSSR count). The molecule has 0 aliphatic heterocycles. The van der Waals surface area contributed by atoms with E-state index < -0.39 is 35.7 Å². The Kier molecular flexibility index (Phi) is 10.1. The number of rotatable bonds is 10. The number of esters is 1. The quantitative estimate of drug-likeness (QED) is 0.320. The smallest absolute Gasteiger partial charge is 0.408 e. The summed E-state index contributed by atoms with van der Waals surface area (Å²) >= 11 is 0. The minimum atomic E-state index is -1.20. The molecule has 1 aliphatic rings. The predicted molar refractivity (Wildman–Crippen MR) is 140 cm³/mol. The maximum absolute atomic E-state index is 13.0. The van der Waals surface area contributed by atoms with Crippen LogP contribution < -0.4 is 20.7 Å². The first-order valence-corrected chi connectivity index (χ1v) is 12.6. The Morgan fingerprint density at radius 2 is 1.66 bits per heavy atom. The molecule has 3 amide bonds. The van der Waals surface area contributed by atoms with E-state index in [0.717, 1.165) is 30.4 Å². The summed E-state index contributed by atoms with van der Waals surface area (Å²) in [4.78, 5) is 49.4. The van der Waals surface area contributed by atoms with E-state index in [2.05, 4.69) is 16.0 Å². The van der Waals surface area contributed by atoms with Crippen molar-refractivity contribution in [2.75, 3.05) is 13.1 Å². The van der Waals surface area contributed by atoms with E-state index in [4.69, 9.17) is 14.2 Å². The average Bonchev–Trinajstić information content (AvgIpc) is 3.32. The Hall–Kier alpha value is -4.08. The Labute approximate surface area is 222 Å². The molecule has 3 N–H and O–H groups in total. The van der Waals surface area contributed by atoms with E-state index in [1.165, 1.54) is 5.56 Å². The Bertz CT molecular complexity index is 1130. The van der Waals surface area contributed by atoms with Crippen molar-refractivity contribution in [2.24, 2.45) is 0 Å². The minimum Gasteiger partial charge on any atom is -0.445 e. The van der Waals surface area contributed by atoms with Crippen molar-refractivity contribution in [3.05, 3.63) is 65.2 Å². The monoisotopic (exact) mass is 525 g/mol. The molecule has 10 heteroatoms.